The lowest BCUT2D eigenvalue weighted by molar-refractivity contribution is -0.123. The Bertz CT molecular complexity index is 659. The zero-order valence-corrected chi connectivity index (χ0v) is 13.5. The van der Waals surface area contributed by atoms with E-state index >= 15 is 0 Å². The van der Waals surface area contributed by atoms with Crippen LogP contribution >= 0.6 is 0 Å². The molecule has 1 saturated heterocycles. The van der Waals surface area contributed by atoms with Gasteiger partial charge in [0.15, 0.2) is 0 Å². The number of halogens is 1. The summed E-state index contributed by atoms with van der Waals surface area (Å²) < 4.78 is 39.8. The molecule has 1 aromatic carbocycles. The van der Waals surface area contributed by atoms with Gasteiger partial charge in [-0.05, 0) is 48.9 Å². The highest BCUT2D eigenvalue weighted by molar-refractivity contribution is 7.89. The maximum Gasteiger partial charge on any atom is 0.267 e. The first-order chi connectivity index (χ1) is 9.64. The molecule has 6 heteroatoms. The van der Waals surface area contributed by atoms with E-state index in [-0.39, 0.29) is 35.6 Å². The normalized spacial score (nSPS) is 19.6. The number of sulfonamides is 1. The summed E-state index contributed by atoms with van der Waals surface area (Å²) >= 11 is 0. The number of nitrogens with zero attached hydrogens (tertiary/aromatic N) is 1. The molecular weight excluding hydrogens is 293 g/mol. The van der Waals surface area contributed by atoms with Gasteiger partial charge in [-0.15, -0.1) is 0 Å². The van der Waals surface area contributed by atoms with Crippen molar-refractivity contribution in [3.8, 4) is 0 Å². The van der Waals surface area contributed by atoms with E-state index in [1.54, 1.807) is 13.8 Å². The van der Waals surface area contributed by atoms with Crippen molar-refractivity contribution < 1.29 is 17.6 Å². The Morgan fingerprint density at radius 3 is 2.19 bits per heavy atom. The monoisotopic (exact) mass is 313 g/mol. The highest BCUT2D eigenvalue weighted by Gasteiger charge is 2.40. The topological polar surface area (TPSA) is 54.5 Å². The van der Waals surface area contributed by atoms with Crippen molar-refractivity contribution in [3.05, 3.63) is 29.1 Å². The van der Waals surface area contributed by atoms with Gasteiger partial charge < -0.3 is 0 Å². The number of rotatable bonds is 3. The third kappa shape index (κ3) is 2.81. The maximum atomic E-state index is 13.3. The number of carbonyl (C=O) groups excluding carboxylic acids is 1. The molecule has 1 fully saturated rings. The van der Waals surface area contributed by atoms with Crippen molar-refractivity contribution >= 4 is 15.9 Å². The van der Waals surface area contributed by atoms with Crippen LogP contribution in [0.5, 0.6) is 0 Å². The average Bonchev–Trinajstić information content (AvgIpc) is 2.70. The lowest BCUT2D eigenvalue weighted by Gasteiger charge is -2.20. The molecule has 1 unspecified atom stereocenters. The van der Waals surface area contributed by atoms with Crippen LogP contribution in [0.4, 0.5) is 4.39 Å². The molecule has 0 saturated carbocycles. The predicted octanol–water partition coefficient (Wildman–Crippen LogP) is 2.64. The second-order valence-electron chi connectivity index (χ2n) is 6.01. The van der Waals surface area contributed by atoms with E-state index in [0.29, 0.717) is 11.1 Å². The summed E-state index contributed by atoms with van der Waals surface area (Å²) in [5, 5.41) is 0. The molecule has 116 valence electrons. The molecule has 4 nitrogen and oxygen atoms in total. The molecule has 2 rings (SSSR count). The van der Waals surface area contributed by atoms with Gasteiger partial charge in [0.25, 0.3) is 10.0 Å². The van der Waals surface area contributed by atoms with E-state index in [9.17, 15) is 17.6 Å². The average molecular weight is 313 g/mol. The standard InChI is InChI=1S/C15H20FNO3S/c1-9(2)12-7-14(18)17(8-12)21(19,20)15-10(3)5-13(16)6-11(15)4/h5-6,9,12H,7-8H2,1-4H3. The number of aryl methyl sites for hydroxylation is 2. The number of hydrogen-bond donors (Lipinski definition) is 0. The van der Waals surface area contributed by atoms with E-state index in [1.165, 1.54) is 12.1 Å². The van der Waals surface area contributed by atoms with Gasteiger partial charge in [0.2, 0.25) is 5.91 Å². The second-order valence-corrected chi connectivity index (χ2v) is 7.81. The number of amides is 1. The van der Waals surface area contributed by atoms with Gasteiger partial charge in [0.05, 0.1) is 4.90 Å². The smallest absolute Gasteiger partial charge is 0.267 e. The summed E-state index contributed by atoms with van der Waals surface area (Å²) in [6.45, 7) is 7.24. The van der Waals surface area contributed by atoms with Crippen LogP contribution in [0.3, 0.4) is 0 Å². The molecule has 0 N–H and O–H groups in total. The summed E-state index contributed by atoms with van der Waals surface area (Å²) in [5.41, 5.74) is 0.654. The summed E-state index contributed by atoms with van der Waals surface area (Å²) in [4.78, 5) is 12.1. The molecule has 1 atom stereocenters. The van der Waals surface area contributed by atoms with E-state index < -0.39 is 15.8 Å². The molecule has 1 heterocycles. The van der Waals surface area contributed by atoms with E-state index in [2.05, 4.69) is 0 Å². The minimum Gasteiger partial charge on any atom is -0.274 e. The van der Waals surface area contributed by atoms with Crippen LogP contribution < -0.4 is 0 Å². The summed E-state index contributed by atoms with van der Waals surface area (Å²) in [5.74, 6) is -0.577. The fourth-order valence-corrected chi connectivity index (χ4v) is 4.68. The van der Waals surface area contributed by atoms with Crippen molar-refractivity contribution in [1.29, 1.82) is 0 Å². The van der Waals surface area contributed by atoms with Gasteiger partial charge in [-0.2, -0.15) is 0 Å². The van der Waals surface area contributed by atoms with E-state index in [0.717, 1.165) is 4.31 Å². The van der Waals surface area contributed by atoms with Crippen molar-refractivity contribution in [3.63, 3.8) is 0 Å². The lowest BCUT2D eigenvalue weighted by Crippen LogP contribution is -2.33. The molecule has 1 aromatic rings. The predicted molar refractivity (Wildman–Crippen MR) is 77.7 cm³/mol. The zero-order chi connectivity index (χ0) is 15.9. The lowest BCUT2D eigenvalue weighted by atomic mass is 9.95. The van der Waals surface area contributed by atoms with Crippen LogP contribution in [0, 0.1) is 31.5 Å². The van der Waals surface area contributed by atoms with Gasteiger partial charge in [-0.3, -0.25) is 4.79 Å². The van der Waals surface area contributed by atoms with Crippen LogP contribution in [0.15, 0.2) is 17.0 Å². The first-order valence-corrected chi connectivity index (χ1v) is 8.41. The molecule has 0 aliphatic carbocycles. The van der Waals surface area contributed by atoms with Gasteiger partial charge in [0.1, 0.15) is 5.82 Å². The number of benzene rings is 1. The molecule has 1 aliphatic rings. The SMILES string of the molecule is Cc1cc(F)cc(C)c1S(=O)(=O)N1CC(C(C)C)CC1=O. The van der Waals surface area contributed by atoms with E-state index in [4.69, 9.17) is 0 Å². The highest BCUT2D eigenvalue weighted by atomic mass is 32.2. The Kier molecular flexibility index (Phi) is 4.10. The minimum atomic E-state index is -3.92. The van der Waals surface area contributed by atoms with Crippen molar-refractivity contribution in [2.24, 2.45) is 11.8 Å². The van der Waals surface area contributed by atoms with Crippen LogP contribution in [-0.4, -0.2) is 25.2 Å². The minimum absolute atomic E-state index is 0.0355. The Labute approximate surface area is 125 Å². The Balaban J connectivity index is 2.47. The summed E-state index contributed by atoms with van der Waals surface area (Å²) in [6, 6.07) is 2.36. The first kappa shape index (κ1) is 15.9. The molecule has 21 heavy (non-hydrogen) atoms. The maximum absolute atomic E-state index is 13.3. The Hall–Kier alpha value is -1.43. The van der Waals surface area contributed by atoms with Gasteiger partial charge in [0, 0.05) is 13.0 Å². The molecule has 0 radical (unpaired) electrons. The number of hydrogen-bond acceptors (Lipinski definition) is 3. The van der Waals surface area contributed by atoms with E-state index in [1.807, 2.05) is 13.8 Å². The molecular formula is C15H20FNO3S. The fourth-order valence-electron chi connectivity index (χ4n) is 2.80. The molecule has 1 amide bonds. The number of carbonyl (C=O) groups is 1. The highest BCUT2D eigenvalue weighted by Crippen LogP contribution is 2.32. The zero-order valence-electron chi connectivity index (χ0n) is 12.7. The second kappa shape index (κ2) is 5.40. The third-order valence-electron chi connectivity index (χ3n) is 4.03. The summed E-state index contributed by atoms with van der Waals surface area (Å²) in [7, 11) is -3.92. The van der Waals surface area contributed by atoms with Crippen LogP contribution in [0.2, 0.25) is 0 Å². The van der Waals surface area contributed by atoms with Crippen LogP contribution in [-0.2, 0) is 14.8 Å². The van der Waals surface area contributed by atoms with Crippen LogP contribution in [0.1, 0.15) is 31.4 Å². The van der Waals surface area contributed by atoms with Gasteiger partial charge in [-0.25, -0.2) is 17.1 Å². The molecule has 1 aliphatic heterocycles. The van der Waals surface area contributed by atoms with Crippen molar-refractivity contribution in [2.75, 3.05) is 6.54 Å². The quantitative estimate of drug-likeness (QED) is 0.862. The van der Waals surface area contributed by atoms with Gasteiger partial charge >= 0.3 is 0 Å². The van der Waals surface area contributed by atoms with Gasteiger partial charge in [-0.1, -0.05) is 13.8 Å². The third-order valence-corrected chi connectivity index (χ3v) is 6.12. The molecule has 0 spiro atoms. The molecule has 0 bridgehead atoms. The fraction of sp³-hybridized carbons (Fsp3) is 0.533. The summed E-state index contributed by atoms with van der Waals surface area (Å²) in [6.07, 6.45) is 0.246. The first-order valence-electron chi connectivity index (χ1n) is 6.97. The van der Waals surface area contributed by atoms with Crippen LogP contribution in [0.25, 0.3) is 0 Å². The Morgan fingerprint density at radius 2 is 1.76 bits per heavy atom. The largest absolute Gasteiger partial charge is 0.274 e. The Morgan fingerprint density at radius 1 is 1.24 bits per heavy atom. The van der Waals surface area contributed by atoms with Crippen molar-refractivity contribution in [1.82, 2.24) is 4.31 Å². The van der Waals surface area contributed by atoms with Crippen molar-refractivity contribution in [2.45, 2.75) is 39.0 Å². The molecule has 0 aromatic heterocycles.